The molecule has 0 saturated carbocycles. The summed E-state index contributed by atoms with van der Waals surface area (Å²) in [4.78, 5) is 0.980. The van der Waals surface area contributed by atoms with Gasteiger partial charge in [-0.05, 0) is 128 Å². The Labute approximate surface area is 296 Å². The van der Waals surface area contributed by atoms with Gasteiger partial charge < -0.3 is 0 Å². The molecule has 7 rings (SSSR count). The minimum Gasteiger partial charge on any atom is -0.143 e. The summed E-state index contributed by atoms with van der Waals surface area (Å²) in [6, 6.07) is 54.4. The first-order valence-electron chi connectivity index (χ1n) is 17.0. The van der Waals surface area contributed by atoms with Gasteiger partial charge in [-0.25, -0.2) is 0 Å². The fourth-order valence-corrected chi connectivity index (χ4v) is 7.03. The van der Waals surface area contributed by atoms with Crippen molar-refractivity contribution in [2.45, 2.75) is 25.7 Å². The van der Waals surface area contributed by atoms with E-state index in [2.05, 4.69) is 197 Å². The van der Waals surface area contributed by atoms with Crippen LogP contribution in [0.2, 0.25) is 0 Å². The SMILES string of the molecule is C/C(=C\c1ccccc1C)c1cc(-c2cccc(-c3cccc(C4=CC(C)C(c5ccccc5)=CC(c5ccccc5)=C4)c3)c2)ccc1S. The quantitative estimate of drug-likeness (QED) is 0.129. The normalized spacial score (nSPS) is 14.8. The van der Waals surface area contributed by atoms with E-state index in [0.29, 0.717) is 0 Å². The molecule has 1 aliphatic carbocycles. The van der Waals surface area contributed by atoms with Crippen LogP contribution in [-0.4, -0.2) is 0 Å². The zero-order valence-electron chi connectivity index (χ0n) is 28.3. The molecule has 6 aromatic carbocycles. The van der Waals surface area contributed by atoms with Crippen LogP contribution >= 0.6 is 12.6 Å². The lowest BCUT2D eigenvalue weighted by Gasteiger charge is -2.14. The number of rotatable bonds is 7. The van der Waals surface area contributed by atoms with E-state index in [1.807, 2.05) is 0 Å². The largest absolute Gasteiger partial charge is 0.143 e. The van der Waals surface area contributed by atoms with Gasteiger partial charge in [0, 0.05) is 10.8 Å². The number of benzene rings is 6. The first-order valence-corrected chi connectivity index (χ1v) is 17.4. The van der Waals surface area contributed by atoms with E-state index < -0.39 is 0 Å². The van der Waals surface area contributed by atoms with Gasteiger partial charge in [0.1, 0.15) is 0 Å². The molecular formula is C48H40S. The first-order chi connectivity index (χ1) is 23.9. The van der Waals surface area contributed by atoms with Gasteiger partial charge in [-0.2, -0.15) is 0 Å². The van der Waals surface area contributed by atoms with Crippen molar-refractivity contribution in [2.24, 2.45) is 5.92 Å². The number of thiol groups is 1. The van der Waals surface area contributed by atoms with Crippen molar-refractivity contribution in [1.29, 1.82) is 0 Å². The molecule has 0 amide bonds. The maximum atomic E-state index is 4.84. The Hall–Kier alpha value is -5.37. The molecule has 49 heavy (non-hydrogen) atoms. The molecule has 0 nitrogen and oxygen atoms in total. The molecule has 0 aliphatic heterocycles. The van der Waals surface area contributed by atoms with Crippen molar-refractivity contribution in [3.05, 3.63) is 203 Å². The topological polar surface area (TPSA) is 0 Å². The van der Waals surface area contributed by atoms with Gasteiger partial charge in [0.25, 0.3) is 0 Å². The summed E-state index contributed by atoms with van der Waals surface area (Å²) in [7, 11) is 0. The fourth-order valence-electron chi connectivity index (χ4n) is 6.72. The molecule has 0 radical (unpaired) electrons. The van der Waals surface area contributed by atoms with Crippen LogP contribution in [0.3, 0.4) is 0 Å². The maximum Gasteiger partial charge on any atom is 0.0116 e. The highest BCUT2D eigenvalue weighted by atomic mass is 32.1. The van der Waals surface area contributed by atoms with E-state index in [1.165, 1.54) is 72.4 Å². The third-order valence-corrected chi connectivity index (χ3v) is 9.85. The third kappa shape index (κ3) is 7.23. The Balaban J connectivity index is 1.24. The van der Waals surface area contributed by atoms with Gasteiger partial charge in [0.15, 0.2) is 0 Å². The predicted octanol–water partition coefficient (Wildman–Crippen LogP) is 13.4. The molecule has 0 N–H and O–H groups in total. The zero-order valence-corrected chi connectivity index (χ0v) is 29.2. The lowest BCUT2D eigenvalue weighted by Crippen LogP contribution is -1.96. The summed E-state index contributed by atoms with van der Waals surface area (Å²) in [5.74, 6) is 0.245. The number of aryl methyl sites for hydroxylation is 1. The molecule has 6 aromatic rings. The van der Waals surface area contributed by atoms with E-state index in [1.54, 1.807) is 0 Å². The standard InChI is InChI=1S/C48H40S/c1-33-14-10-11-19-38(33)26-35(3)47-31-43(24-25-48(47)49)41-22-12-20-39(28-41)40-21-13-23-42(29-40)44-27-34(2)46(37-17-8-5-9-18-37)32-45(30-44)36-15-6-4-7-16-36/h4-32,34,49H,1-3H3/b35-26+. The summed E-state index contributed by atoms with van der Waals surface area (Å²) in [6.45, 7) is 6.63. The molecule has 0 bridgehead atoms. The van der Waals surface area contributed by atoms with Crippen LogP contribution < -0.4 is 0 Å². The summed E-state index contributed by atoms with van der Waals surface area (Å²) in [6.07, 6.45) is 9.39. The fraction of sp³-hybridized carbons (Fsp3) is 0.0833. The molecule has 0 spiro atoms. The van der Waals surface area contributed by atoms with Gasteiger partial charge in [0.05, 0.1) is 0 Å². The maximum absolute atomic E-state index is 4.84. The van der Waals surface area contributed by atoms with Crippen molar-refractivity contribution < 1.29 is 0 Å². The van der Waals surface area contributed by atoms with Crippen LogP contribution in [0.1, 0.15) is 47.2 Å². The van der Waals surface area contributed by atoms with E-state index in [4.69, 9.17) is 12.6 Å². The summed E-state index contributed by atoms with van der Waals surface area (Å²) in [5, 5.41) is 0. The van der Waals surface area contributed by atoms with Crippen molar-refractivity contribution in [3.8, 4) is 22.3 Å². The molecule has 1 atom stereocenters. The van der Waals surface area contributed by atoms with Gasteiger partial charge in [-0.3, -0.25) is 0 Å². The Morgan fingerprint density at radius 2 is 1.08 bits per heavy atom. The van der Waals surface area contributed by atoms with E-state index in [9.17, 15) is 0 Å². The van der Waals surface area contributed by atoms with Gasteiger partial charge in [-0.15, -0.1) is 12.6 Å². The van der Waals surface area contributed by atoms with Crippen LogP contribution in [0.5, 0.6) is 0 Å². The van der Waals surface area contributed by atoms with Crippen LogP contribution in [-0.2, 0) is 0 Å². The highest BCUT2D eigenvalue weighted by Crippen LogP contribution is 2.38. The second kappa shape index (κ2) is 14.4. The second-order valence-corrected chi connectivity index (χ2v) is 13.4. The highest BCUT2D eigenvalue weighted by Gasteiger charge is 2.17. The molecule has 1 aliphatic rings. The molecule has 1 heteroatoms. The Morgan fingerprint density at radius 3 is 1.76 bits per heavy atom. The van der Waals surface area contributed by atoms with Crippen LogP contribution in [0, 0.1) is 12.8 Å². The van der Waals surface area contributed by atoms with Crippen LogP contribution in [0.15, 0.2) is 175 Å². The summed E-state index contributed by atoms with van der Waals surface area (Å²) >= 11 is 4.84. The van der Waals surface area contributed by atoms with Crippen molar-refractivity contribution in [2.75, 3.05) is 0 Å². The smallest absolute Gasteiger partial charge is 0.0116 e. The molecule has 1 unspecified atom stereocenters. The number of allylic oxidation sites excluding steroid dienone is 7. The lowest BCUT2D eigenvalue weighted by atomic mass is 9.91. The Kier molecular flexibility index (Phi) is 9.46. The molecule has 0 fully saturated rings. The van der Waals surface area contributed by atoms with E-state index in [0.717, 1.165) is 10.5 Å². The molecule has 0 aromatic heterocycles. The van der Waals surface area contributed by atoms with E-state index >= 15 is 0 Å². The monoisotopic (exact) mass is 648 g/mol. The minimum atomic E-state index is 0.245. The zero-order chi connectivity index (χ0) is 33.7. The number of hydrogen-bond donors (Lipinski definition) is 1. The van der Waals surface area contributed by atoms with Gasteiger partial charge >= 0.3 is 0 Å². The Bertz CT molecular complexity index is 2250. The lowest BCUT2D eigenvalue weighted by molar-refractivity contribution is 0.969. The molecular weight excluding hydrogens is 609 g/mol. The average molecular weight is 649 g/mol. The molecule has 0 heterocycles. The predicted molar refractivity (Wildman–Crippen MR) is 215 cm³/mol. The van der Waals surface area contributed by atoms with E-state index in [-0.39, 0.29) is 5.92 Å². The number of hydrogen-bond acceptors (Lipinski definition) is 1. The summed E-state index contributed by atoms with van der Waals surface area (Å²) < 4.78 is 0. The van der Waals surface area contributed by atoms with Crippen LogP contribution in [0.4, 0.5) is 0 Å². The Morgan fingerprint density at radius 1 is 0.531 bits per heavy atom. The van der Waals surface area contributed by atoms with Crippen molar-refractivity contribution in [1.82, 2.24) is 0 Å². The summed E-state index contributed by atoms with van der Waals surface area (Å²) in [5.41, 5.74) is 17.1. The van der Waals surface area contributed by atoms with Crippen molar-refractivity contribution >= 4 is 41.0 Å². The van der Waals surface area contributed by atoms with Crippen LogP contribution in [0.25, 0.3) is 50.6 Å². The minimum absolute atomic E-state index is 0.245. The first kappa shape index (κ1) is 32.2. The average Bonchev–Trinajstić information content (AvgIpc) is 3.32. The third-order valence-electron chi connectivity index (χ3n) is 9.46. The second-order valence-electron chi connectivity index (χ2n) is 12.9. The molecule has 238 valence electrons. The van der Waals surface area contributed by atoms with Crippen molar-refractivity contribution in [3.63, 3.8) is 0 Å². The molecule has 0 saturated heterocycles. The van der Waals surface area contributed by atoms with Gasteiger partial charge in [-0.1, -0.05) is 146 Å². The highest BCUT2D eigenvalue weighted by molar-refractivity contribution is 7.80. The van der Waals surface area contributed by atoms with Gasteiger partial charge in [0.2, 0.25) is 0 Å².